The summed E-state index contributed by atoms with van der Waals surface area (Å²) in [6.07, 6.45) is 0.972. The molecule has 0 saturated carbocycles. The van der Waals surface area contributed by atoms with E-state index < -0.39 is 25.7 Å². The zero-order valence-electron chi connectivity index (χ0n) is 20.0. The number of carbonyl (C=O) groups excluding carboxylic acids is 1. The summed E-state index contributed by atoms with van der Waals surface area (Å²) in [7, 11) is -5.46. The average molecular weight is 549 g/mol. The van der Waals surface area contributed by atoms with Crippen LogP contribution in [-0.2, 0) is 19.9 Å². The molecular weight excluding hydrogens is 523 g/mol. The van der Waals surface area contributed by atoms with Crippen molar-refractivity contribution in [3.8, 4) is 0 Å². The Morgan fingerprint density at radius 3 is 2.32 bits per heavy atom. The second-order valence-corrected chi connectivity index (χ2v) is 12.5. The third-order valence-electron chi connectivity index (χ3n) is 5.77. The highest BCUT2D eigenvalue weighted by Gasteiger charge is 2.25. The van der Waals surface area contributed by atoms with Gasteiger partial charge in [0.15, 0.2) is 21.5 Å². The number of halogens is 1. The largest absolute Gasteiger partial charge is 0.338 e. The molecule has 1 fully saturated rings. The maximum Gasteiger partial charge on any atom is 0.253 e. The van der Waals surface area contributed by atoms with Gasteiger partial charge in [0.05, 0.1) is 22.6 Å². The Morgan fingerprint density at radius 2 is 1.68 bits per heavy atom. The molecule has 1 saturated heterocycles. The number of carbonyl (C=O) groups is 1. The Morgan fingerprint density at radius 1 is 1.03 bits per heavy atom. The monoisotopic (exact) mass is 548 g/mol. The van der Waals surface area contributed by atoms with Gasteiger partial charge < -0.3 is 15.5 Å². The lowest BCUT2D eigenvalue weighted by molar-refractivity contribution is 0.0770. The zero-order chi connectivity index (χ0) is 26.8. The number of nitrogens with one attached hydrogen (secondary N) is 3. The van der Waals surface area contributed by atoms with Crippen LogP contribution in [0.5, 0.6) is 0 Å². The van der Waals surface area contributed by atoms with E-state index in [1.165, 1.54) is 18.0 Å². The molecule has 14 heteroatoms. The minimum Gasteiger partial charge on any atom is -0.338 e. The SMILES string of the molecule is CNS(=O)(=O)c1cc(Nc2ncc(F)c(Nc3ccc(C(=O)N4CCS(=O)(=O)CC4)cc3)n2)ccc1C. The number of aryl methyl sites for hydroxylation is 1. The zero-order valence-corrected chi connectivity index (χ0v) is 21.7. The van der Waals surface area contributed by atoms with E-state index in [0.29, 0.717) is 22.5 Å². The quantitative estimate of drug-likeness (QED) is 0.404. The van der Waals surface area contributed by atoms with E-state index in [0.717, 1.165) is 6.20 Å². The van der Waals surface area contributed by atoms with Gasteiger partial charge in [0, 0.05) is 30.0 Å². The highest BCUT2D eigenvalue weighted by molar-refractivity contribution is 7.91. The van der Waals surface area contributed by atoms with Gasteiger partial charge in [0.25, 0.3) is 5.91 Å². The van der Waals surface area contributed by atoms with Crippen LogP contribution in [0, 0.1) is 12.7 Å². The van der Waals surface area contributed by atoms with Crippen molar-refractivity contribution in [2.75, 3.05) is 42.3 Å². The van der Waals surface area contributed by atoms with E-state index in [4.69, 9.17) is 0 Å². The lowest BCUT2D eigenvalue weighted by Crippen LogP contribution is -2.43. The van der Waals surface area contributed by atoms with E-state index in [9.17, 15) is 26.0 Å². The third-order valence-corrected chi connectivity index (χ3v) is 8.94. The molecule has 0 atom stereocenters. The fourth-order valence-electron chi connectivity index (χ4n) is 3.65. The Bertz CT molecular complexity index is 1530. The van der Waals surface area contributed by atoms with Crippen molar-refractivity contribution in [2.45, 2.75) is 11.8 Å². The van der Waals surface area contributed by atoms with Crippen LogP contribution in [0.4, 0.5) is 27.5 Å². The van der Waals surface area contributed by atoms with Gasteiger partial charge in [-0.1, -0.05) is 6.07 Å². The molecule has 0 bridgehead atoms. The van der Waals surface area contributed by atoms with Crippen LogP contribution in [0.25, 0.3) is 0 Å². The number of aromatic nitrogens is 2. The van der Waals surface area contributed by atoms with Crippen molar-refractivity contribution in [1.29, 1.82) is 0 Å². The second kappa shape index (κ2) is 10.4. The van der Waals surface area contributed by atoms with Gasteiger partial charge in [-0.3, -0.25) is 4.79 Å². The molecule has 1 aliphatic heterocycles. The summed E-state index contributed by atoms with van der Waals surface area (Å²) in [5, 5.41) is 5.71. The van der Waals surface area contributed by atoms with Crippen molar-refractivity contribution in [1.82, 2.24) is 19.6 Å². The normalized spacial score (nSPS) is 15.3. The first-order valence-electron chi connectivity index (χ1n) is 11.2. The number of benzene rings is 2. The Kier molecular flexibility index (Phi) is 7.43. The smallest absolute Gasteiger partial charge is 0.253 e. The number of hydrogen-bond donors (Lipinski definition) is 3. The molecule has 0 unspecified atom stereocenters. The van der Waals surface area contributed by atoms with Crippen molar-refractivity contribution in [3.63, 3.8) is 0 Å². The average Bonchev–Trinajstić information content (AvgIpc) is 2.87. The van der Waals surface area contributed by atoms with E-state index in [1.807, 2.05) is 0 Å². The van der Waals surface area contributed by atoms with Crippen LogP contribution >= 0.6 is 0 Å². The summed E-state index contributed by atoms with van der Waals surface area (Å²) < 4.78 is 64.3. The number of sulfone groups is 1. The summed E-state index contributed by atoms with van der Waals surface area (Å²) >= 11 is 0. The molecule has 3 aromatic rings. The molecule has 37 heavy (non-hydrogen) atoms. The highest BCUT2D eigenvalue weighted by Crippen LogP contribution is 2.24. The predicted molar refractivity (Wildman–Crippen MR) is 137 cm³/mol. The van der Waals surface area contributed by atoms with Crippen LogP contribution in [0.3, 0.4) is 0 Å². The van der Waals surface area contributed by atoms with Gasteiger partial charge >= 0.3 is 0 Å². The fraction of sp³-hybridized carbons (Fsp3) is 0.261. The van der Waals surface area contributed by atoms with E-state index in [1.54, 1.807) is 43.3 Å². The van der Waals surface area contributed by atoms with Crippen molar-refractivity contribution in [3.05, 3.63) is 65.6 Å². The van der Waals surface area contributed by atoms with Gasteiger partial charge in [0.2, 0.25) is 16.0 Å². The number of nitrogens with zero attached hydrogens (tertiary/aromatic N) is 3. The van der Waals surface area contributed by atoms with Crippen molar-refractivity contribution in [2.24, 2.45) is 0 Å². The molecule has 1 aliphatic rings. The molecule has 0 aliphatic carbocycles. The summed E-state index contributed by atoms with van der Waals surface area (Å²) in [4.78, 5) is 22.3. The molecule has 2 heterocycles. The van der Waals surface area contributed by atoms with Gasteiger partial charge in [-0.2, -0.15) is 4.98 Å². The van der Waals surface area contributed by atoms with Crippen LogP contribution in [0.2, 0.25) is 0 Å². The lowest BCUT2D eigenvalue weighted by Gasteiger charge is -2.26. The van der Waals surface area contributed by atoms with Gasteiger partial charge in [0.1, 0.15) is 0 Å². The summed E-state index contributed by atoms with van der Waals surface area (Å²) in [5.74, 6) is -1.21. The van der Waals surface area contributed by atoms with Crippen LogP contribution < -0.4 is 15.4 Å². The molecule has 0 radical (unpaired) electrons. The Balaban J connectivity index is 1.48. The first-order valence-corrected chi connectivity index (χ1v) is 14.5. The lowest BCUT2D eigenvalue weighted by atomic mass is 10.1. The van der Waals surface area contributed by atoms with E-state index in [2.05, 4.69) is 25.3 Å². The highest BCUT2D eigenvalue weighted by atomic mass is 32.2. The molecule has 0 spiro atoms. The summed E-state index contributed by atoms with van der Waals surface area (Å²) in [6.45, 7) is 1.96. The Hall–Kier alpha value is -3.62. The van der Waals surface area contributed by atoms with Gasteiger partial charge in [-0.05, 0) is 55.9 Å². The topological polar surface area (TPSA) is 150 Å². The molecular formula is C23H25FN6O5S2. The minimum atomic E-state index is -3.68. The van der Waals surface area contributed by atoms with Gasteiger partial charge in [-0.25, -0.2) is 30.9 Å². The number of anilines is 4. The number of sulfonamides is 1. The predicted octanol–water partition coefficient (Wildman–Crippen LogP) is 2.19. The van der Waals surface area contributed by atoms with Crippen LogP contribution in [-0.4, -0.2) is 69.3 Å². The number of hydrogen-bond acceptors (Lipinski definition) is 9. The molecule has 196 valence electrons. The first kappa shape index (κ1) is 26.4. The molecule has 1 amide bonds. The van der Waals surface area contributed by atoms with Crippen LogP contribution in [0.1, 0.15) is 15.9 Å². The van der Waals surface area contributed by atoms with E-state index >= 15 is 0 Å². The minimum absolute atomic E-state index is 0.0346. The van der Waals surface area contributed by atoms with Crippen LogP contribution in [0.15, 0.2) is 53.6 Å². The maximum atomic E-state index is 14.4. The number of rotatable bonds is 7. The molecule has 1 aromatic heterocycles. The number of amides is 1. The standard InChI is InChI=1S/C23H25FN6O5S2/c1-15-3-6-18(13-20(15)37(34,35)25-2)28-23-26-14-19(24)21(29-23)27-17-7-4-16(5-8-17)22(31)30-9-11-36(32,33)12-10-30/h3-8,13-14,25H,9-12H2,1-2H3,(H2,26,27,28,29). The summed E-state index contributed by atoms with van der Waals surface area (Å²) in [6, 6.07) is 11.0. The second-order valence-electron chi connectivity index (χ2n) is 8.35. The van der Waals surface area contributed by atoms with Crippen molar-refractivity contribution < 1.29 is 26.0 Å². The molecule has 2 aromatic carbocycles. The summed E-state index contributed by atoms with van der Waals surface area (Å²) in [5.41, 5.74) is 1.78. The van der Waals surface area contributed by atoms with E-state index in [-0.39, 0.29) is 47.2 Å². The fourth-order valence-corrected chi connectivity index (χ4v) is 5.85. The third kappa shape index (κ3) is 6.21. The van der Waals surface area contributed by atoms with Gasteiger partial charge in [-0.15, -0.1) is 0 Å². The first-order chi connectivity index (χ1) is 17.5. The Labute approximate surface area is 214 Å². The molecule has 11 nitrogen and oxygen atoms in total. The molecule has 3 N–H and O–H groups in total. The maximum absolute atomic E-state index is 14.4. The molecule has 4 rings (SSSR count). The van der Waals surface area contributed by atoms with Crippen molar-refractivity contribution >= 4 is 48.9 Å².